The molecular formula is C12H11BrF3N3O. The summed E-state index contributed by atoms with van der Waals surface area (Å²) in [7, 11) is 1.67. The highest BCUT2D eigenvalue weighted by molar-refractivity contribution is 9.08. The third-order valence-electron chi connectivity index (χ3n) is 2.53. The van der Waals surface area contributed by atoms with E-state index >= 15 is 0 Å². The van der Waals surface area contributed by atoms with Gasteiger partial charge in [0.05, 0.1) is 11.8 Å². The molecule has 0 fully saturated rings. The summed E-state index contributed by atoms with van der Waals surface area (Å²) < 4.78 is 45.6. The standard InChI is InChI=1S/C12H11BrF3N3O/c1-19-6-9(17-18-19)7-20-11-3-2-8(5-13)4-10(11)12(14,15)16/h2-4,6H,5,7H2,1H3. The highest BCUT2D eigenvalue weighted by Gasteiger charge is 2.34. The molecule has 1 heterocycles. The topological polar surface area (TPSA) is 39.9 Å². The molecule has 0 atom stereocenters. The maximum Gasteiger partial charge on any atom is 0.419 e. The monoisotopic (exact) mass is 349 g/mol. The molecule has 0 amide bonds. The van der Waals surface area contributed by atoms with E-state index in [1.807, 2.05) is 0 Å². The van der Waals surface area contributed by atoms with Gasteiger partial charge in [0.1, 0.15) is 18.1 Å². The first-order valence-electron chi connectivity index (χ1n) is 5.64. The predicted octanol–water partition coefficient (Wildman–Crippen LogP) is 3.31. The van der Waals surface area contributed by atoms with Crippen LogP contribution in [0.4, 0.5) is 13.2 Å². The number of nitrogens with zero attached hydrogens (tertiary/aromatic N) is 3. The number of aryl methyl sites for hydroxylation is 1. The number of ether oxygens (including phenoxy) is 1. The Morgan fingerprint density at radius 1 is 1.35 bits per heavy atom. The van der Waals surface area contributed by atoms with E-state index in [-0.39, 0.29) is 12.4 Å². The van der Waals surface area contributed by atoms with Crippen molar-refractivity contribution in [1.82, 2.24) is 15.0 Å². The summed E-state index contributed by atoms with van der Waals surface area (Å²) in [6.07, 6.45) is -2.88. The van der Waals surface area contributed by atoms with Crippen molar-refractivity contribution in [3.63, 3.8) is 0 Å². The minimum absolute atomic E-state index is 0.0649. The van der Waals surface area contributed by atoms with E-state index in [9.17, 15) is 13.2 Å². The predicted molar refractivity (Wildman–Crippen MR) is 69.4 cm³/mol. The molecule has 1 aromatic carbocycles. The Kier molecular flexibility index (Phi) is 4.32. The SMILES string of the molecule is Cn1cc(COc2ccc(CBr)cc2C(F)(F)F)nn1. The fourth-order valence-electron chi connectivity index (χ4n) is 1.62. The van der Waals surface area contributed by atoms with E-state index < -0.39 is 11.7 Å². The lowest BCUT2D eigenvalue weighted by Crippen LogP contribution is -2.09. The Balaban J connectivity index is 2.22. The number of halogens is 4. The molecule has 0 bridgehead atoms. The molecule has 8 heteroatoms. The summed E-state index contributed by atoms with van der Waals surface area (Å²) in [6.45, 7) is -0.0649. The lowest BCUT2D eigenvalue weighted by atomic mass is 10.1. The van der Waals surface area contributed by atoms with Gasteiger partial charge < -0.3 is 4.74 Å². The summed E-state index contributed by atoms with van der Waals surface area (Å²) in [5, 5.41) is 7.79. The quantitative estimate of drug-likeness (QED) is 0.795. The second-order valence-electron chi connectivity index (χ2n) is 4.13. The van der Waals surface area contributed by atoms with Gasteiger partial charge in [-0.3, -0.25) is 4.68 Å². The zero-order chi connectivity index (χ0) is 14.8. The molecule has 0 unspecified atom stereocenters. The van der Waals surface area contributed by atoms with Crippen LogP contribution in [-0.4, -0.2) is 15.0 Å². The van der Waals surface area contributed by atoms with Crippen LogP contribution in [0.2, 0.25) is 0 Å². The van der Waals surface area contributed by atoms with Crippen LogP contribution in [0.15, 0.2) is 24.4 Å². The van der Waals surface area contributed by atoms with Crippen LogP contribution >= 0.6 is 15.9 Å². The molecule has 1 aromatic heterocycles. The molecule has 4 nitrogen and oxygen atoms in total. The normalized spacial score (nSPS) is 11.7. The highest BCUT2D eigenvalue weighted by atomic mass is 79.9. The highest BCUT2D eigenvalue weighted by Crippen LogP contribution is 2.37. The molecule has 20 heavy (non-hydrogen) atoms. The third-order valence-corrected chi connectivity index (χ3v) is 3.18. The van der Waals surface area contributed by atoms with Crippen LogP contribution < -0.4 is 4.74 Å². The van der Waals surface area contributed by atoms with Crippen molar-refractivity contribution in [2.45, 2.75) is 18.1 Å². The van der Waals surface area contributed by atoms with Gasteiger partial charge in [0.15, 0.2) is 0 Å². The maximum absolute atomic E-state index is 13.0. The van der Waals surface area contributed by atoms with Crippen molar-refractivity contribution >= 4 is 15.9 Å². The van der Waals surface area contributed by atoms with Crippen LogP contribution in [-0.2, 0) is 25.2 Å². The van der Waals surface area contributed by atoms with Gasteiger partial charge in [-0.2, -0.15) is 13.2 Å². The zero-order valence-corrected chi connectivity index (χ0v) is 12.1. The van der Waals surface area contributed by atoms with Crippen molar-refractivity contribution in [3.05, 3.63) is 41.2 Å². The first-order valence-corrected chi connectivity index (χ1v) is 6.76. The van der Waals surface area contributed by atoms with Gasteiger partial charge in [-0.25, -0.2) is 0 Å². The number of aromatic nitrogens is 3. The van der Waals surface area contributed by atoms with Crippen LogP contribution in [0.1, 0.15) is 16.8 Å². The van der Waals surface area contributed by atoms with Crippen LogP contribution in [0.5, 0.6) is 5.75 Å². The van der Waals surface area contributed by atoms with E-state index in [0.717, 1.165) is 6.07 Å². The van der Waals surface area contributed by atoms with E-state index in [0.29, 0.717) is 16.6 Å². The average Bonchev–Trinajstić information content (AvgIpc) is 2.81. The van der Waals surface area contributed by atoms with E-state index in [2.05, 4.69) is 26.2 Å². The van der Waals surface area contributed by atoms with Gasteiger partial charge in [-0.15, -0.1) is 5.10 Å². The fraction of sp³-hybridized carbons (Fsp3) is 0.333. The summed E-state index contributed by atoms with van der Waals surface area (Å²) in [5.74, 6) is -0.215. The minimum Gasteiger partial charge on any atom is -0.487 e. The molecule has 0 spiro atoms. The summed E-state index contributed by atoms with van der Waals surface area (Å²) in [6, 6.07) is 3.96. The Labute approximate surface area is 121 Å². The fourth-order valence-corrected chi connectivity index (χ4v) is 1.97. The Hall–Kier alpha value is -1.57. The second-order valence-corrected chi connectivity index (χ2v) is 4.69. The van der Waals surface area contributed by atoms with Crippen LogP contribution in [0, 0.1) is 0 Å². The van der Waals surface area contributed by atoms with E-state index in [1.54, 1.807) is 19.3 Å². The largest absolute Gasteiger partial charge is 0.487 e. The summed E-state index contributed by atoms with van der Waals surface area (Å²) in [5.41, 5.74) is 0.202. The Morgan fingerprint density at radius 2 is 2.10 bits per heavy atom. The lowest BCUT2D eigenvalue weighted by Gasteiger charge is -2.14. The minimum atomic E-state index is -4.46. The summed E-state index contributed by atoms with van der Waals surface area (Å²) >= 11 is 3.13. The van der Waals surface area contributed by atoms with Crippen molar-refractivity contribution in [1.29, 1.82) is 0 Å². The second kappa shape index (κ2) is 5.82. The number of hydrogen-bond acceptors (Lipinski definition) is 3. The Bertz CT molecular complexity index is 598. The summed E-state index contributed by atoms with van der Waals surface area (Å²) in [4.78, 5) is 0. The molecule has 2 rings (SSSR count). The number of hydrogen-bond donors (Lipinski definition) is 0. The van der Waals surface area contributed by atoms with Gasteiger partial charge in [0.25, 0.3) is 0 Å². The van der Waals surface area contributed by atoms with Gasteiger partial charge >= 0.3 is 6.18 Å². The van der Waals surface area contributed by atoms with E-state index in [1.165, 1.54) is 10.7 Å². The van der Waals surface area contributed by atoms with Crippen molar-refractivity contribution in [2.75, 3.05) is 0 Å². The van der Waals surface area contributed by atoms with Crippen LogP contribution in [0.3, 0.4) is 0 Å². The number of alkyl halides is 4. The van der Waals surface area contributed by atoms with Gasteiger partial charge in [-0.05, 0) is 17.7 Å². The molecular weight excluding hydrogens is 339 g/mol. The van der Waals surface area contributed by atoms with Gasteiger partial charge in [0.2, 0.25) is 0 Å². The molecule has 0 aliphatic carbocycles. The molecule has 0 radical (unpaired) electrons. The smallest absolute Gasteiger partial charge is 0.419 e. The Morgan fingerprint density at radius 3 is 2.65 bits per heavy atom. The molecule has 0 saturated carbocycles. The average molecular weight is 350 g/mol. The van der Waals surface area contributed by atoms with Crippen LogP contribution in [0.25, 0.3) is 0 Å². The number of rotatable bonds is 4. The maximum atomic E-state index is 13.0. The van der Waals surface area contributed by atoms with Crippen molar-refractivity contribution in [2.24, 2.45) is 7.05 Å². The molecule has 108 valence electrons. The first-order chi connectivity index (χ1) is 9.40. The number of benzene rings is 1. The van der Waals surface area contributed by atoms with Gasteiger partial charge in [0, 0.05) is 12.4 Å². The lowest BCUT2D eigenvalue weighted by molar-refractivity contribution is -0.139. The molecule has 0 saturated heterocycles. The molecule has 2 aromatic rings. The molecule has 0 aliphatic heterocycles. The first kappa shape index (κ1) is 14.8. The van der Waals surface area contributed by atoms with Gasteiger partial charge in [-0.1, -0.05) is 27.2 Å². The van der Waals surface area contributed by atoms with Crippen molar-refractivity contribution < 1.29 is 17.9 Å². The van der Waals surface area contributed by atoms with Crippen molar-refractivity contribution in [3.8, 4) is 5.75 Å². The molecule has 0 aliphatic rings. The zero-order valence-electron chi connectivity index (χ0n) is 10.5. The third kappa shape index (κ3) is 3.50. The van der Waals surface area contributed by atoms with E-state index in [4.69, 9.17) is 4.74 Å². The molecule has 0 N–H and O–H groups in total.